The molecule has 1 aliphatic rings. The van der Waals surface area contributed by atoms with Crippen LogP contribution < -0.4 is 0 Å². The quantitative estimate of drug-likeness (QED) is 0.362. The zero-order valence-electron chi connectivity index (χ0n) is 6.46. The summed E-state index contributed by atoms with van der Waals surface area (Å²) in [6, 6.07) is 0. The maximum Gasteiger partial charge on any atom is 0.347 e. The highest BCUT2D eigenvalue weighted by Crippen LogP contribution is 2.17. The van der Waals surface area contributed by atoms with E-state index in [1.165, 1.54) is 5.80 Å². The fraction of sp³-hybridized carbons (Fsp3) is 0.125. The van der Waals surface area contributed by atoms with Crippen molar-refractivity contribution < 1.29 is 14.3 Å². The Labute approximate surface area is 71.9 Å². The van der Waals surface area contributed by atoms with Crippen LogP contribution in [0.2, 0.25) is 0 Å². The standard InChI is InChI=1S/C8H7O3P/c1-2-3-5-6(4-12)8(10)11-7(5)9/h2-4,12H,1H3/b3-2-. The number of carbonyl (C=O) groups is 2. The average Bonchev–Trinajstić information content (AvgIpc) is 2.28. The highest BCUT2D eigenvalue weighted by molar-refractivity contribution is 7.19. The smallest absolute Gasteiger partial charge is 0.347 e. The number of esters is 2. The third-order valence-corrected chi connectivity index (χ3v) is 1.68. The molecule has 0 aromatic carbocycles. The van der Waals surface area contributed by atoms with E-state index >= 15 is 0 Å². The van der Waals surface area contributed by atoms with Crippen molar-refractivity contribution >= 4 is 26.6 Å². The zero-order chi connectivity index (χ0) is 9.14. The first-order valence-corrected chi connectivity index (χ1v) is 3.92. The summed E-state index contributed by atoms with van der Waals surface area (Å²) in [4.78, 5) is 21.9. The Kier molecular flexibility index (Phi) is 2.56. The van der Waals surface area contributed by atoms with Crippen molar-refractivity contribution in [2.75, 3.05) is 0 Å². The molecule has 0 N–H and O–H groups in total. The van der Waals surface area contributed by atoms with Crippen molar-refractivity contribution in [2.24, 2.45) is 0 Å². The van der Waals surface area contributed by atoms with Gasteiger partial charge in [0.05, 0.1) is 11.1 Å². The first-order chi connectivity index (χ1) is 5.70. The third kappa shape index (κ3) is 1.36. The first-order valence-electron chi connectivity index (χ1n) is 3.34. The summed E-state index contributed by atoms with van der Waals surface area (Å²) in [5, 5.41) is 0. The lowest BCUT2D eigenvalue weighted by Gasteiger charge is -1.86. The molecule has 1 rings (SSSR count). The molecule has 62 valence electrons. The summed E-state index contributed by atoms with van der Waals surface area (Å²) in [5.41, 5.74) is 0.548. The summed E-state index contributed by atoms with van der Waals surface area (Å²) in [6.07, 6.45) is 3.21. The topological polar surface area (TPSA) is 43.4 Å². The highest BCUT2D eigenvalue weighted by Gasteiger charge is 2.28. The van der Waals surface area contributed by atoms with Crippen LogP contribution in [0.3, 0.4) is 0 Å². The van der Waals surface area contributed by atoms with Gasteiger partial charge >= 0.3 is 11.9 Å². The normalized spacial score (nSPS) is 17.4. The molecule has 0 aromatic rings. The highest BCUT2D eigenvalue weighted by atomic mass is 31.0. The fourth-order valence-electron chi connectivity index (χ4n) is 0.875. The van der Waals surface area contributed by atoms with Crippen LogP contribution in [0.25, 0.3) is 0 Å². The van der Waals surface area contributed by atoms with Gasteiger partial charge in [-0.3, -0.25) is 0 Å². The summed E-state index contributed by atoms with van der Waals surface area (Å²) in [5.74, 6) is 0.174. The summed E-state index contributed by atoms with van der Waals surface area (Å²) in [7, 11) is 3.03. The van der Waals surface area contributed by atoms with Crippen LogP contribution in [-0.4, -0.2) is 17.7 Å². The van der Waals surface area contributed by atoms with E-state index in [1.54, 1.807) is 19.1 Å². The van der Waals surface area contributed by atoms with Crippen molar-refractivity contribution in [3.63, 3.8) is 0 Å². The lowest BCUT2D eigenvalue weighted by Crippen LogP contribution is -2.01. The molecule has 0 aliphatic carbocycles. The molecule has 0 aromatic heterocycles. The van der Waals surface area contributed by atoms with Gasteiger partial charge in [-0.15, -0.1) is 8.86 Å². The molecule has 12 heavy (non-hydrogen) atoms. The minimum Gasteiger partial charge on any atom is -0.386 e. The third-order valence-electron chi connectivity index (χ3n) is 1.39. The Hall–Kier alpha value is -1.21. The van der Waals surface area contributed by atoms with Crippen molar-refractivity contribution in [1.29, 1.82) is 0 Å². The summed E-state index contributed by atoms with van der Waals surface area (Å²) in [6.45, 7) is 1.76. The van der Waals surface area contributed by atoms with E-state index < -0.39 is 11.9 Å². The van der Waals surface area contributed by atoms with Gasteiger partial charge in [0, 0.05) is 0 Å². The Morgan fingerprint density at radius 2 is 1.83 bits per heavy atom. The minimum absolute atomic E-state index is 0.259. The number of hydrogen-bond donors (Lipinski definition) is 0. The van der Waals surface area contributed by atoms with Crippen molar-refractivity contribution in [1.82, 2.24) is 0 Å². The van der Waals surface area contributed by atoms with Gasteiger partial charge in [-0.1, -0.05) is 12.2 Å². The van der Waals surface area contributed by atoms with E-state index in [9.17, 15) is 9.59 Å². The van der Waals surface area contributed by atoms with Gasteiger partial charge in [0.1, 0.15) is 0 Å². The van der Waals surface area contributed by atoms with Crippen LogP contribution in [0.5, 0.6) is 0 Å². The van der Waals surface area contributed by atoms with E-state index in [-0.39, 0.29) is 11.1 Å². The van der Waals surface area contributed by atoms with Crippen LogP contribution in [0, 0.1) is 0 Å². The van der Waals surface area contributed by atoms with E-state index in [4.69, 9.17) is 0 Å². The van der Waals surface area contributed by atoms with Gasteiger partial charge < -0.3 is 4.74 Å². The van der Waals surface area contributed by atoms with E-state index in [1.807, 2.05) is 0 Å². The van der Waals surface area contributed by atoms with Crippen molar-refractivity contribution in [3.8, 4) is 0 Å². The van der Waals surface area contributed by atoms with Gasteiger partial charge in [-0.05, 0) is 12.7 Å². The van der Waals surface area contributed by atoms with Gasteiger partial charge in [-0.2, -0.15) is 0 Å². The number of allylic oxidation sites excluding steroid dienone is 1. The second kappa shape index (κ2) is 3.46. The summed E-state index contributed by atoms with van der Waals surface area (Å²) < 4.78 is 4.36. The van der Waals surface area contributed by atoms with Crippen LogP contribution in [0.15, 0.2) is 23.3 Å². The van der Waals surface area contributed by atoms with Crippen LogP contribution in [0.1, 0.15) is 6.92 Å². The second-order valence-corrected chi connectivity index (χ2v) is 2.44. The molecular formula is C8H7O3P. The zero-order valence-corrected chi connectivity index (χ0v) is 7.46. The SMILES string of the molecule is C/C=C\C1=C(C=P)C(=O)OC1=O. The largest absolute Gasteiger partial charge is 0.386 e. The Balaban J connectivity index is 3.18. The maximum atomic E-state index is 11.0. The molecule has 0 unspecified atom stereocenters. The molecule has 0 saturated heterocycles. The maximum absolute atomic E-state index is 11.0. The molecule has 4 heteroatoms. The predicted molar refractivity (Wildman–Crippen MR) is 47.3 cm³/mol. The van der Waals surface area contributed by atoms with Crippen LogP contribution >= 0.6 is 8.86 Å². The van der Waals surface area contributed by atoms with Crippen molar-refractivity contribution in [3.05, 3.63) is 23.3 Å². The van der Waals surface area contributed by atoms with Gasteiger partial charge in [0.2, 0.25) is 0 Å². The van der Waals surface area contributed by atoms with E-state index in [2.05, 4.69) is 13.6 Å². The Morgan fingerprint density at radius 3 is 2.33 bits per heavy atom. The van der Waals surface area contributed by atoms with Crippen LogP contribution in [0.4, 0.5) is 0 Å². The lowest BCUT2D eigenvalue weighted by molar-refractivity contribution is -0.150. The molecule has 1 aliphatic heterocycles. The molecule has 0 bridgehead atoms. The van der Waals surface area contributed by atoms with Gasteiger partial charge in [-0.25, -0.2) is 9.59 Å². The Bertz CT molecular complexity index is 312. The number of cyclic esters (lactones) is 2. The number of ether oxygens (including phenoxy) is 1. The van der Waals surface area contributed by atoms with Gasteiger partial charge in [0.15, 0.2) is 0 Å². The van der Waals surface area contributed by atoms with Crippen molar-refractivity contribution in [2.45, 2.75) is 6.92 Å². The molecular weight excluding hydrogens is 175 g/mol. The molecule has 0 spiro atoms. The molecule has 0 atom stereocenters. The average molecular weight is 182 g/mol. The monoisotopic (exact) mass is 182 g/mol. The van der Waals surface area contributed by atoms with E-state index in [0.717, 1.165) is 0 Å². The second-order valence-electron chi connectivity index (χ2n) is 2.15. The molecule has 3 nitrogen and oxygen atoms in total. The molecule has 1 heterocycles. The van der Waals surface area contributed by atoms with Gasteiger partial charge in [0.25, 0.3) is 0 Å². The van der Waals surface area contributed by atoms with E-state index in [0.29, 0.717) is 0 Å². The number of hydrogen-bond acceptors (Lipinski definition) is 3. The Morgan fingerprint density at radius 1 is 1.25 bits per heavy atom. The fourth-order valence-corrected chi connectivity index (χ4v) is 1.15. The molecule has 0 fully saturated rings. The van der Waals surface area contributed by atoms with Crippen LogP contribution in [-0.2, 0) is 14.3 Å². The molecule has 0 amide bonds. The molecule has 0 radical (unpaired) electrons. The molecule has 0 saturated carbocycles. The minimum atomic E-state index is -0.608. The predicted octanol–water partition coefficient (Wildman–Crippen LogP) is 0.887. The summed E-state index contributed by atoms with van der Waals surface area (Å²) >= 11 is 0. The number of carbonyl (C=O) groups excluding carboxylic acids is 2. The first kappa shape index (κ1) is 8.88. The number of rotatable bonds is 2. The lowest BCUT2D eigenvalue weighted by atomic mass is 10.1.